The average molecular weight is 398 g/mol. The fourth-order valence-electron chi connectivity index (χ4n) is 3.75. The molecule has 0 bridgehead atoms. The number of amides is 2. The van der Waals surface area contributed by atoms with Gasteiger partial charge in [0.1, 0.15) is 0 Å². The molecule has 2 amide bonds. The van der Waals surface area contributed by atoms with Gasteiger partial charge in [-0.05, 0) is 66.6 Å². The van der Waals surface area contributed by atoms with Crippen molar-refractivity contribution in [3.63, 3.8) is 0 Å². The molecule has 2 aromatic carbocycles. The zero-order valence-corrected chi connectivity index (χ0v) is 16.3. The maximum atomic E-state index is 12.7. The van der Waals surface area contributed by atoms with Crippen molar-refractivity contribution in [1.29, 1.82) is 0 Å². The fourth-order valence-corrected chi connectivity index (χ4v) is 4.86. The Morgan fingerprint density at radius 2 is 1.46 bits per heavy atom. The molecule has 28 heavy (non-hydrogen) atoms. The van der Waals surface area contributed by atoms with Crippen molar-refractivity contribution in [3.8, 4) is 0 Å². The Labute approximate surface area is 164 Å². The van der Waals surface area contributed by atoms with Crippen LogP contribution in [0.15, 0.2) is 47.4 Å². The van der Waals surface area contributed by atoms with Gasteiger partial charge in [0.25, 0.3) is 10.0 Å². The molecule has 6 nitrogen and oxygen atoms in total. The van der Waals surface area contributed by atoms with Gasteiger partial charge < -0.3 is 0 Å². The van der Waals surface area contributed by atoms with Gasteiger partial charge in [-0.2, -0.15) is 0 Å². The number of rotatable bonds is 5. The molecular weight excluding hydrogens is 376 g/mol. The van der Waals surface area contributed by atoms with Crippen LogP contribution in [0.3, 0.4) is 0 Å². The summed E-state index contributed by atoms with van der Waals surface area (Å²) >= 11 is 0. The second-order valence-corrected chi connectivity index (χ2v) is 9.00. The molecule has 4 rings (SSSR count). The van der Waals surface area contributed by atoms with Gasteiger partial charge >= 0.3 is 0 Å². The molecule has 0 atom stereocenters. The third-order valence-corrected chi connectivity index (χ3v) is 6.71. The maximum absolute atomic E-state index is 12.7. The van der Waals surface area contributed by atoms with Crippen LogP contribution in [0.1, 0.15) is 42.4 Å². The lowest BCUT2D eigenvalue weighted by atomic mass is 9.92. The Morgan fingerprint density at radius 3 is 2.14 bits per heavy atom. The van der Waals surface area contributed by atoms with E-state index in [0.717, 1.165) is 36.8 Å². The van der Waals surface area contributed by atoms with Gasteiger partial charge in [-0.3, -0.25) is 19.2 Å². The summed E-state index contributed by atoms with van der Waals surface area (Å²) < 4.78 is 28.1. The minimum absolute atomic E-state index is 0.165. The number of likely N-dealkylation sites (tertiary alicyclic amines) is 1. The Hall–Kier alpha value is -2.67. The van der Waals surface area contributed by atoms with E-state index in [1.807, 2.05) is 6.07 Å². The molecule has 2 aromatic rings. The van der Waals surface area contributed by atoms with E-state index in [0.29, 0.717) is 5.69 Å². The number of benzene rings is 2. The SMILES string of the molecule is O=C1CCC(=O)N1Cc1ccc(NS(=O)(=O)c2ccc3c(c2)CCCC3)cc1. The highest BCUT2D eigenvalue weighted by atomic mass is 32.2. The molecule has 2 aliphatic rings. The molecular formula is C21H22N2O4S. The van der Waals surface area contributed by atoms with Crippen molar-refractivity contribution < 1.29 is 18.0 Å². The average Bonchev–Trinajstić information content (AvgIpc) is 3.01. The van der Waals surface area contributed by atoms with Crippen molar-refractivity contribution >= 4 is 27.5 Å². The van der Waals surface area contributed by atoms with Crippen LogP contribution in [-0.4, -0.2) is 25.1 Å². The monoisotopic (exact) mass is 398 g/mol. The number of nitrogens with one attached hydrogen (secondary N) is 1. The van der Waals surface area contributed by atoms with Crippen molar-refractivity contribution in [1.82, 2.24) is 4.90 Å². The molecule has 0 saturated carbocycles. The topological polar surface area (TPSA) is 83.6 Å². The van der Waals surface area contributed by atoms with Gasteiger partial charge in [0, 0.05) is 18.5 Å². The summed E-state index contributed by atoms with van der Waals surface area (Å²) in [4.78, 5) is 24.9. The molecule has 1 heterocycles. The maximum Gasteiger partial charge on any atom is 0.261 e. The predicted molar refractivity (Wildman–Crippen MR) is 105 cm³/mol. The van der Waals surface area contributed by atoms with Gasteiger partial charge in [0.15, 0.2) is 0 Å². The third kappa shape index (κ3) is 3.80. The van der Waals surface area contributed by atoms with Crippen LogP contribution in [0.2, 0.25) is 0 Å². The fraction of sp³-hybridized carbons (Fsp3) is 0.333. The number of carbonyl (C=O) groups excluding carboxylic acids is 2. The molecule has 7 heteroatoms. The number of hydrogen-bond acceptors (Lipinski definition) is 4. The predicted octanol–water partition coefficient (Wildman–Crippen LogP) is 3.02. The molecule has 1 aliphatic heterocycles. The molecule has 1 aliphatic carbocycles. The van der Waals surface area contributed by atoms with Crippen LogP contribution in [0, 0.1) is 0 Å². The normalized spacial score (nSPS) is 16.9. The van der Waals surface area contributed by atoms with Crippen molar-refractivity contribution in [2.45, 2.75) is 50.0 Å². The van der Waals surface area contributed by atoms with E-state index in [2.05, 4.69) is 4.72 Å². The van der Waals surface area contributed by atoms with Gasteiger partial charge in [-0.25, -0.2) is 8.42 Å². The van der Waals surface area contributed by atoms with E-state index in [1.165, 1.54) is 10.5 Å². The van der Waals surface area contributed by atoms with E-state index in [4.69, 9.17) is 0 Å². The van der Waals surface area contributed by atoms with Gasteiger partial charge in [0.05, 0.1) is 11.4 Å². The number of aryl methyl sites for hydroxylation is 2. The number of carbonyl (C=O) groups is 2. The Bertz CT molecular complexity index is 1010. The number of imide groups is 1. The minimum Gasteiger partial charge on any atom is -0.280 e. The van der Waals surface area contributed by atoms with Crippen LogP contribution in [0.5, 0.6) is 0 Å². The Kier molecular flexibility index (Phi) is 4.93. The molecule has 0 spiro atoms. The number of fused-ring (bicyclic) bond motifs is 1. The lowest BCUT2D eigenvalue weighted by Gasteiger charge is -2.17. The lowest BCUT2D eigenvalue weighted by Crippen LogP contribution is -2.28. The second-order valence-electron chi connectivity index (χ2n) is 7.31. The van der Waals surface area contributed by atoms with Crippen molar-refractivity contribution in [2.24, 2.45) is 0 Å². The molecule has 0 radical (unpaired) electrons. The van der Waals surface area contributed by atoms with E-state index in [9.17, 15) is 18.0 Å². The molecule has 1 N–H and O–H groups in total. The summed E-state index contributed by atoms with van der Waals surface area (Å²) in [6.07, 6.45) is 4.69. The second kappa shape index (κ2) is 7.39. The first-order valence-electron chi connectivity index (χ1n) is 9.49. The zero-order chi connectivity index (χ0) is 19.7. The molecule has 1 fully saturated rings. The highest BCUT2D eigenvalue weighted by Crippen LogP contribution is 2.25. The number of nitrogens with zero attached hydrogens (tertiary/aromatic N) is 1. The van der Waals surface area contributed by atoms with E-state index in [-0.39, 0.29) is 36.1 Å². The first-order chi connectivity index (χ1) is 13.4. The lowest BCUT2D eigenvalue weighted by molar-refractivity contribution is -0.139. The van der Waals surface area contributed by atoms with Gasteiger partial charge in [-0.1, -0.05) is 18.2 Å². The summed E-state index contributed by atoms with van der Waals surface area (Å²) in [5, 5.41) is 0. The number of hydrogen-bond donors (Lipinski definition) is 1. The zero-order valence-electron chi connectivity index (χ0n) is 15.5. The Morgan fingerprint density at radius 1 is 0.821 bits per heavy atom. The van der Waals surface area contributed by atoms with Crippen LogP contribution in [0.4, 0.5) is 5.69 Å². The standard InChI is InChI=1S/C21H22N2O4S/c24-20-11-12-21(25)23(20)14-15-5-8-18(9-6-15)22-28(26,27)19-10-7-16-3-1-2-4-17(16)13-19/h5-10,13,22H,1-4,11-12,14H2. The van der Waals surface area contributed by atoms with Gasteiger partial charge in [0.2, 0.25) is 11.8 Å². The molecule has 146 valence electrons. The largest absolute Gasteiger partial charge is 0.280 e. The number of sulfonamides is 1. The highest BCUT2D eigenvalue weighted by Gasteiger charge is 2.28. The summed E-state index contributed by atoms with van der Waals surface area (Å²) in [5.74, 6) is -0.329. The molecule has 1 saturated heterocycles. The van der Waals surface area contributed by atoms with Crippen LogP contribution in [-0.2, 0) is 39.0 Å². The first-order valence-corrected chi connectivity index (χ1v) is 11.0. The van der Waals surface area contributed by atoms with E-state index < -0.39 is 10.0 Å². The number of anilines is 1. The summed E-state index contributed by atoms with van der Waals surface area (Å²) in [6.45, 7) is 0.218. The smallest absolute Gasteiger partial charge is 0.261 e. The minimum atomic E-state index is -3.67. The van der Waals surface area contributed by atoms with Crippen LogP contribution in [0.25, 0.3) is 0 Å². The molecule has 0 unspecified atom stereocenters. The third-order valence-electron chi connectivity index (χ3n) is 5.33. The first kappa shape index (κ1) is 18.7. The van der Waals surface area contributed by atoms with Crippen molar-refractivity contribution in [3.05, 3.63) is 59.2 Å². The van der Waals surface area contributed by atoms with Crippen LogP contribution >= 0.6 is 0 Å². The van der Waals surface area contributed by atoms with E-state index in [1.54, 1.807) is 36.4 Å². The van der Waals surface area contributed by atoms with Crippen molar-refractivity contribution in [2.75, 3.05) is 4.72 Å². The molecule has 0 aromatic heterocycles. The Balaban J connectivity index is 1.47. The highest BCUT2D eigenvalue weighted by molar-refractivity contribution is 7.92. The quantitative estimate of drug-likeness (QED) is 0.785. The summed E-state index contributed by atoms with van der Waals surface area (Å²) in [6, 6.07) is 12.1. The van der Waals surface area contributed by atoms with Gasteiger partial charge in [-0.15, -0.1) is 0 Å². The summed E-state index contributed by atoms with van der Waals surface area (Å²) in [7, 11) is -3.67. The summed E-state index contributed by atoms with van der Waals surface area (Å²) in [5.41, 5.74) is 3.57. The van der Waals surface area contributed by atoms with E-state index >= 15 is 0 Å². The van der Waals surface area contributed by atoms with Crippen LogP contribution < -0.4 is 4.72 Å².